The van der Waals surface area contributed by atoms with Gasteiger partial charge in [0.25, 0.3) is 5.56 Å². The Bertz CT molecular complexity index is 1010. The van der Waals surface area contributed by atoms with Crippen LogP contribution in [0.25, 0.3) is 10.9 Å². The molecule has 28 heavy (non-hydrogen) atoms. The molecule has 0 saturated carbocycles. The van der Waals surface area contributed by atoms with Crippen LogP contribution in [0.15, 0.2) is 72.3 Å². The van der Waals surface area contributed by atoms with E-state index in [0.29, 0.717) is 11.9 Å². The minimum absolute atomic E-state index is 0.0687. The molecule has 0 saturated heterocycles. The summed E-state index contributed by atoms with van der Waals surface area (Å²) in [6, 6.07) is 13.2. The van der Waals surface area contributed by atoms with Crippen molar-refractivity contribution in [2.45, 2.75) is 31.7 Å². The van der Waals surface area contributed by atoms with Gasteiger partial charge in [0.05, 0.1) is 23.3 Å². The van der Waals surface area contributed by atoms with Crippen LogP contribution in [0.3, 0.4) is 0 Å². The maximum Gasteiger partial charge on any atom is 0.573 e. The van der Waals surface area contributed by atoms with Crippen LogP contribution in [0.4, 0.5) is 13.2 Å². The average molecular weight is 388 g/mol. The van der Waals surface area contributed by atoms with Gasteiger partial charge in [0.1, 0.15) is 5.75 Å². The minimum atomic E-state index is -4.82. The van der Waals surface area contributed by atoms with E-state index in [1.54, 1.807) is 6.08 Å². The third-order valence-electron chi connectivity index (χ3n) is 4.43. The molecule has 0 N–H and O–H groups in total. The summed E-state index contributed by atoms with van der Waals surface area (Å²) in [7, 11) is 0. The van der Waals surface area contributed by atoms with E-state index in [1.807, 2.05) is 30.3 Å². The van der Waals surface area contributed by atoms with E-state index in [1.165, 1.54) is 22.5 Å². The monoisotopic (exact) mass is 388 g/mol. The highest BCUT2D eigenvalue weighted by molar-refractivity contribution is 5.78. The van der Waals surface area contributed by atoms with Crippen molar-refractivity contribution in [2.75, 3.05) is 0 Å². The molecule has 3 rings (SSSR count). The Morgan fingerprint density at radius 3 is 2.61 bits per heavy atom. The summed E-state index contributed by atoms with van der Waals surface area (Å²) in [6.07, 6.45) is 0.562. The van der Waals surface area contributed by atoms with Crippen molar-refractivity contribution in [3.05, 3.63) is 83.4 Å². The molecular weight excluding hydrogens is 369 g/mol. The Kier molecular flexibility index (Phi) is 5.82. The Morgan fingerprint density at radius 1 is 1.18 bits per heavy atom. The SMILES string of the molecule is C=C[C@@H](CCCc1ccccc1)n1cnc2ccc(OC(F)(F)F)cc2c1=O. The predicted molar refractivity (Wildman–Crippen MR) is 101 cm³/mol. The molecule has 0 bridgehead atoms. The summed E-state index contributed by atoms with van der Waals surface area (Å²) < 4.78 is 42.7. The van der Waals surface area contributed by atoms with Gasteiger partial charge in [0, 0.05) is 0 Å². The number of allylic oxidation sites excluding steroid dienone is 1. The first-order valence-corrected chi connectivity index (χ1v) is 8.80. The van der Waals surface area contributed by atoms with E-state index in [9.17, 15) is 18.0 Å². The van der Waals surface area contributed by atoms with Crippen LogP contribution in [-0.2, 0) is 6.42 Å². The maximum absolute atomic E-state index is 12.8. The molecule has 0 aliphatic carbocycles. The van der Waals surface area contributed by atoms with Crippen LogP contribution < -0.4 is 10.3 Å². The topological polar surface area (TPSA) is 44.1 Å². The van der Waals surface area contributed by atoms with Gasteiger partial charge < -0.3 is 4.74 Å². The van der Waals surface area contributed by atoms with Crippen LogP contribution in [0.1, 0.15) is 24.4 Å². The van der Waals surface area contributed by atoms with Gasteiger partial charge in [0.2, 0.25) is 0 Å². The first kappa shape index (κ1) is 19.7. The Balaban J connectivity index is 1.82. The maximum atomic E-state index is 12.8. The van der Waals surface area contributed by atoms with Crippen molar-refractivity contribution >= 4 is 10.9 Å². The summed E-state index contributed by atoms with van der Waals surface area (Å²) in [6.45, 7) is 3.79. The van der Waals surface area contributed by atoms with E-state index >= 15 is 0 Å². The molecule has 146 valence electrons. The number of hydrogen-bond donors (Lipinski definition) is 0. The fourth-order valence-corrected chi connectivity index (χ4v) is 3.08. The minimum Gasteiger partial charge on any atom is -0.406 e. The van der Waals surface area contributed by atoms with Crippen LogP contribution in [0.5, 0.6) is 5.75 Å². The second-order valence-corrected chi connectivity index (χ2v) is 6.36. The largest absolute Gasteiger partial charge is 0.573 e. The molecule has 0 radical (unpaired) electrons. The molecule has 1 atom stereocenters. The Hall–Kier alpha value is -3.09. The van der Waals surface area contributed by atoms with Gasteiger partial charge in [-0.2, -0.15) is 0 Å². The number of rotatable bonds is 7. The van der Waals surface area contributed by atoms with Crippen molar-refractivity contribution < 1.29 is 17.9 Å². The van der Waals surface area contributed by atoms with Crippen LogP contribution >= 0.6 is 0 Å². The van der Waals surface area contributed by atoms with Gasteiger partial charge in [-0.3, -0.25) is 9.36 Å². The lowest BCUT2D eigenvalue weighted by Gasteiger charge is -2.16. The number of fused-ring (bicyclic) bond motifs is 1. The highest BCUT2D eigenvalue weighted by Crippen LogP contribution is 2.25. The van der Waals surface area contributed by atoms with Gasteiger partial charge in [-0.25, -0.2) is 4.98 Å². The predicted octanol–water partition coefficient (Wildman–Crippen LogP) is 5.05. The summed E-state index contributed by atoms with van der Waals surface area (Å²) in [5.41, 5.74) is 1.08. The lowest BCUT2D eigenvalue weighted by Crippen LogP contribution is -2.24. The van der Waals surface area contributed by atoms with Crippen molar-refractivity contribution in [1.82, 2.24) is 9.55 Å². The van der Waals surface area contributed by atoms with E-state index < -0.39 is 17.7 Å². The smallest absolute Gasteiger partial charge is 0.406 e. The van der Waals surface area contributed by atoms with Gasteiger partial charge in [-0.05, 0) is 43.0 Å². The normalized spacial score (nSPS) is 12.7. The highest BCUT2D eigenvalue weighted by atomic mass is 19.4. The summed E-state index contributed by atoms with van der Waals surface area (Å²) >= 11 is 0. The molecule has 2 aromatic carbocycles. The number of halogens is 3. The molecule has 0 amide bonds. The molecular formula is C21H19F3N2O2. The van der Waals surface area contributed by atoms with Crippen molar-refractivity contribution in [3.8, 4) is 5.75 Å². The second-order valence-electron chi connectivity index (χ2n) is 6.36. The zero-order valence-corrected chi connectivity index (χ0v) is 15.0. The first-order valence-electron chi connectivity index (χ1n) is 8.80. The zero-order chi connectivity index (χ0) is 20.1. The van der Waals surface area contributed by atoms with Gasteiger partial charge >= 0.3 is 6.36 Å². The lowest BCUT2D eigenvalue weighted by atomic mass is 10.0. The number of ether oxygens (including phenoxy) is 1. The molecule has 1 aromatic heterocycles. The third-order valence-corrected chi connectivity index (χ3v) is 4.43. The molecule has 3 aromatic rings. The zero-order valence-electron chi connectivity index (χ0n) is 15.0. The van der Waals surface area contributed by atoms with Gasteiger partial charge in [-0.1, -0.05) is 36.4 Å². The highest BCUT2D eigenvalue weighted by Gasteiger charge is 2.31. The second kappa shape index (κ2) is 8.29. The molecule has 1 heterocycles. The molecule has 0 aliphatic rings. The van der Waals surface area contributed by atoms with Gasteiger partial charge in [0.15, 0.2) is 0 Å². The quantitative estimate of drug-likeness (QED) is 0.533. The summed E-state index contributed by atoms with van der Waals surface area (Å²) in [5.74, 6) is -0.448. The van der Waals surface area contributed by atoms with E-state index in [0.717, 1.165) is 25.0 Å². The van der Waals surface area contributed by atoms with Crippen LogP contribution in [-0.4, -0.2) is 15.9 Å². The van der Waals surface area contributed by atoms with Crippen molar-refractivity contribution in [3.63, 3.8) is 0 Å². The first-order chi connectivity index (χ1) is 13.4. The van der Waals surface area contributed by atoms with Crippen molar-refractivity contribution in [2.24, 2.45) is 0 Å². The van der Waals surface area contributed by atoms with E-state index in [-0.39, 0.29) is 11.4 Å². The van der Waals surface area contributed by atoms with Crippen LogP contribution in [0.2, 0.25) is 0 Å². The standard InChI is InChI=1S/C21H19F3N2O2/c1-2-16(10-6-9-15-7-4-3-5-8-15)26-14-25-19-12-11-17(28-21(22,23)24)13-18(19)20(26)27/h2-5,7-8,11-14,16H,1,6,9-10H2/t16-/m0/s1. The lowest BCUT2D eigenvalue weighted by molar-refractivity contribution is -0.274. The van der Waals surface area contributed by atoms with Gasteiger partial charge in [-0.15, -0.1) is 19.8 Å². The average Bonchev–Trinajstić information content (AvgIpc) is 2.66. The summed E-state index contributed by atoms with van der Waals surface area (Å²) in [5, 5.41) is 0.0687. The number of hydrogen-bond acceptors (Lipinski definition) is 3. The number of benzene rings is 2. The van der Waals surface area contributed by atoms with Crippen LogP contribution in [0, 0.1) is 0 Å². The number of nitrogens with zero attached hydrogens (tertiary/aromatic N) is 2. The molecule has 0 unspecified atom stereocenters. The Labute approximate surface area is 159 Å². The summed E-state index contributed by atoms with van der Waals surface area (Å²) in [4.78, 5) is 17.0. The Morgan fingerprint density at radius 2 is 1.93 bits per heavy atom. The van der Waals surface area contributed by atoms with E-state index in [2.05, 4.69) is 16.3 Å². The number of aromatic nitrogens is 2. The molecule has 0 spiro atoms. The van der Waals surface area contributed by atoms with Crippen molar-refractivity contribution in [1.29, 1.82) is 0 Å². The van der Waals surface area contributed by atoms with E-state index in [4.69, 9.17) is 0 Å². The molecule has 0 fully saturated rings. The number of aryl methyl sites for hydroxylation is 1. The molecule has 4 nitrogen and oxygen atoms in total. The molecule has 7 heteroatoms. The number of alkyl halides is 3. The fraction of sp³-hybridized carbons (Fsp3) is 0.238. The molecule has 0 aliphatic heterocycles. The third kappa shape index (κ3) is 4.79. The fourth-order valence-electron chi connectivity index (χ4n) is 3.08.